The average molecular weight is 540 g/mol. The summed E-state index contributed by atoms with van der Waals surface area (Å²) < 4.78 is 22.6. The molecule has 1 fully saturated rings. The monoisotopic (exact) mass is 539 g/mol. The molecule has 0 bridgehead atoms. The van der Waals surface area contributed by atoms with Gasteiger partial charge in [0.25, 0.3) is 5.91 Å². The maximum Gasteiger partial charge on any atom is 0.254 e. The molecule has 0 unspecified atom stereocenters. The van der Waals surface area contributed by atoms with Crippen LogP contribution < -0.4 is 21.1 Å². The molecule has 10 heteroatoms. The standard InChI is InChI=1S/C30H30FN7O2/c1-18(12-20-7-10-27(24(31)13-20)40-29-23(28(33)39)4-3-11-35-29)36-30-37-25-9-8-21(22(15-32)16-34-2)14-26(25)38(30)17-19-5-6-19/h3-4,7-11,13-16,19,32,34H,1,5-6,12,17H2,2H3,(H2,33,39)(H,36,37)/b22-16+,32-15?. The number of halogens is 1. The molecule has 0 saturated heterocycles. The summed E-state index contributed by atoms with van der Waals surface area (Å²) in [5.41, 5.74) is 10.3. The number of hydrogen-bond acceptors (Lipinski definition) is 7. The normalized spacial score (nSPS) is 13.2. The summed E-state index contributed by atoms with van der Waals surface area (Å²) in [4.78, 5) is 20.4. The van der Waals surface area contributed by atoms with Gasteiger partial charge in [-0.15, -0.1) is 0 Å². The van der Waals surface area contributed by atoms with Gasteiger partial charge in [0, 0.05) is 49.9 Å². The Morgan fingerprint density at radius 3 is 2.80 bits per heavy atom. The molecule has 2 aromatic carbocycles. The van der Waals surface area contributed by atoms with Crippen LogP contribution in [-0.2, 0) is 13.0 Å². The Balaban J connectivity index is 1.35. The number of primary amides is 1. The zero-order valence-electron chi connectivity index (χ0n) is 22.1. The number of anilines is 1. The second-order valence-electron chi connectivity index (χ2n) is 9.72. The van der Waals surface area contributed by atoms with Gasteiger partial charge >= 0.3 is 0 Å². The van der Waals surface area contributed by atoms with Gasteiger partial charge in [-0.3, -0.25) is 4.79 Å². The highest BCUT2D eigenvalue weighted by atomic mass is 19.1. The quantitative estimate of drug-likeness (QED) is 0.182. The molecule has 204 valence electrons. The maximum absolute atomic E-state index is 14.9. The maximum atomic E-state index is 14.9. The lowest BCUT2D eigenvalue weighted by Crippen LogP contribution is -2.13. The lowest BCUT2D eigenvalue weighted by molar-refractivity contribution is 0.0997. The number of imidazole rings is 1. The van der Waals surface area contributed by atoms with E-state index in [1.165, 1.54) is 43.5 Å². The molecule has 5 N–H and O–H groups in total. The smallest absolute Gasteiger partial charge is 0.254 e. The molecule has 5 rings (SSSR count). The van der Waals surface area contributed by atoms with Crippen molar-refractivity contribution in [2.24, 2.45) is 11.7 Å². The largest absolute Gasteiger partial charge is 0.435 e. The highest BCUT2D eigenvalue weighted by Gasteiger charge is 2.25. The van der Waals surface area contributed by atoms with Crippen LogP contribution in [0.3, 0.4) is 0 Å². The zero-order valence-corrected chi connectivity index (χ0v) is 22.1. The Kier molecular flexibility index (Phi) is 7.59. The van der Waals surface area contributed by atoms with Gasteiger partial charge < -0.3 is 31.1 Å². The summed E-state index contributed by atoms with van der Waals surface area (Å²) in [6.45, 7) is 4.98. The van der Waals surface area contributed by atoms with Crippen LogP contribution in [0.15, 0.2) is 73.2 Å². The second kappa shape index (κ2) is 11.4. The van der Waals surface area contributed by atoms with E-state index in [-0.39, 0.29) is 17.2 Å². The van der Waals surface area contributed by atoms with E-state index < -0.39 is 11.7 Å². The molecule has 0 radical (unpaired) electrons. The Morgan fingerprint density at radius 2 is 2.10 bits per heavy atom. The van der Waals surface area contributed by atoms with E-state index in [9.17, 15) is 9.18 Å². The SMILES string of the molecule is C=C(Cc1ccc(Oc2ncccc2C(N)=O)c(F)c1)Nc1nc2ccc(/C(C=N)=C/NC)cc2n1CC1CC1. The molecule has 1 aliphatic carbocycles. The summed E-state index contributed by atoms with van der Waals surface area (Å²) in [6, 6.07) is 13.5. The highest BCUT2D eigenvalue weighted by Crippen LogP contribution is 2.34. The fourth-order valence-electron chi connectivity index (χ4n) is 4.45. The molecule has 2 heterocycles. The van der Waals surface area contributed by atoms with Crippen molar-refractivity contribution in [1.29, 1.82) is 5.41 Å². The molecule has 1 aliphatic rings. The van der Waals surface area contributed by atoms with E-state index in [0.717, 1.165) is 28.7 Å². The van der Waals surface area contributed by atoms with Crippen LogP contribution in [-0.4, -0.2) is 33.7 Å². The first-order valence-corrected chi connectivity index (χ1v) is 12.9. The van der Waals surface area contributed by atoms with Crippen LogP contribution in [0.1, 0.15) is 34.3 Å². The molecule has 0 spiro atoms. The van der Waals surface area contributed by atoms with Gasteiger partial charge in [0.15, 0.2) is 11.6 Å². The molecular weight excluding hydrogens is 509 g/mol. The number of amides is 1. The van der Waals surface area contributed by atoms with Gasteiger partial charge in [0.2, 0.25) is 11.8 Å². The van der Waals surface area contributed by atoms with Crippen molar-refractivity contribution in [2.45, 2.75) is 25.8 Å². The minimum absolute atomic E-state index is 0.0559. The van der Waals surface area contributed by atoms with Gasteiger partial charge in [-0.1, -0.05) is 18.7 Å². The van der Waals surface area contributed by atoms with E-state index in [2.05, 4.69) is 26.8 Å². The summed E-state index contributed by atoms with van der Waals surface area (Å²) >= 11 is 0. The van der Waals surface area contributed by atoms with Crippen molar-refractivity contribution in [1.82, 2.24) is 19.9 Å². The zero-order chi connectivity index (χ0) is 28.2. The third kappa shape index (κ3) is 5.85. The number of nitrogens with zero attached hydrogens (tertiary/aromatic N) is 3. The molecule has 9 nitrogen and oxygen atoms in total. The molecular formula is C30H30FN7O2. The van der Waals surface area contributed by atoms with Crippen molar-refractivity contribution in [3.63, 3.8) is 0 Å². The number of carbonyl (C=O) groups is 1. The van der Waals surface area contributed by atoms with Crippen LogP contribution in [0.4, 0.5) is 10.3 Å². The highest BCUT2D eigenvalue weighted by molar-refractivity contribution is 6.09. The number of aromatic nitrogens is 3. The van der Waals surface area contributed by atoms with Crippen molar-refractivity contribution in [2.75, 3.05) is 12.4 Å². The number of pyridine rings is 1. The summed E-state index contributed by atoms with van der Waals surface area (Å²) in [7, 11) is 1.81. The Hall–Kier alpha value is -4.99. The fraction of sp³-hybridized carbons (Fsp3) is 0.200. The van der Waals surface area contributed by atoms with Crippen molar-refractivity contribution in [3.05, 3.63) is 95.7 Å². The number of benzene rings is 2. The van der Waals surface area contributed by atoms with E-state index in [1.807, 2.05) is 18.2 Å². The van der Waals surface area contributed by atoms with Gasteiger partial charge in [-0.2, -0.15) is 0 Å². The van der Waals surface area contributed by atoms with Crippen molar-refractivity contribution in [3.8, 4) is 11.6 Å². The second-order valence-corrected chi connectivity index (χ2v) is 9.72. The molecule has 2 aromatic heterocycles. The lowest BCUT2D eigenvalue weighted by atomic mass is 10.1. The van der Waals surface area contributed by atoms with E-state index in [1.54, 1.807) is 25.4 Å². The van der Waals surface area contributed by atoms with Crippen LogP contribution in [0.25, 0.3) is 16.6 Å². The topological polar surface area (TPSA) is 131 Å². The number of ether oxygens (including phenoxy) is 1. The number of carbonyl (C=O) groups excluding carboxylic acids is 1. The van der Waals surface area contributed by atoms with Gasteiger partial charge in [0.1, 0.15) is 5.56 Å². The van der Waals surface area contributed by atoms with Gasteiger partial charge in [0.05, 0.1) is 11.0 Å². The number of allylic oxidation sites excluding steroid dienone is 2. The molecule has 0 atom stereocenters. The summed E-state index contributed by atoms with van der Waals surface area (Å²) in [5.74, 6) is -0.164. The minimum atomic E-state index is -0.712. The third-order valence-corrected chi connectivity index (χ3v) is 6.62. The summed E-state index contributed by atoms with van der Waals surface area (Å²) in [5, 5.41) is 14.1. The predicted molar refractivity (Wildman–Crippen MR) is 154 cm³/mol. The Morgan fingerprint density at radius 1 is 1.27 bits per heavy atom. The Bertz CT molecular complexity index is 1640. The third-order valence-electron chi connectivity index (χ3n) is 6.62. The number of nitrogens with two attached hydrogens (primary N) is 1. The molecule has 0 aliphatic heterocycles. The van der Waals surface area contributed by atoms with Crippen molar-refractivity contribution < 1.29 is 13.9 Å². The van der Waals surface area contributed by atoms with Crippen LogP contribution in [0.5, 0.6) is 11.6 Å². The van der Waals surface area contributed by atoms with Crippen LogP contribution >= 0.6 is 0 Å². The average Bonchev–Trinajstić information content (AvgIpc) is 3.70. The first kappa shape index (κ1) is 26.6. The fourth-order valence-corrected chi connectivity index (χ4v) is 4.45. The minimum Gasteiger partial charge on any atom is -0.435 e. The number of fused-ring (bicyclic) bond motifs is 1. The van der Waals surface area contributed by atoms with E-state index in [4.69, 9.17) is 20.9 Å². The van der Waals surface area contributed by atoms with Crippen LogP contribution in [0, 0.1) is 17.1 Å². The van der Waals surface area contributed by atoms with E-state index in [0.29, 0.717) is 29.5 Å². The molecule has 1 amide bonds. The van der Waals surface area contributed by atoms with E-state index >= 15 is 0 Å². The van der Waals surface area contributed by atoms with Gasteiger partial charge in [-0.25, -0.2) is 14.4 Å². The molecule has 4 aromatic rings. The predicted octanol–water partition coefficient (Wildman–Crippen LogP) is 5.25. The number of hydrogen-bond donors (Lipinski definition) is 4. The lowest BCUT2D eigenvalue weighted by Gasteiger charge is -2.13. The first-order chi connectivity index (χ1) is 19.4. The Labute approximate surface area is 231 Å². The molecule has 40 heavy (non-hydrogen) atoms. The van der Waals surface area contributed by atoms with Crippen LogP contribution in [0.2, 0.25) is 0 Å². The van der Waals surface area contributed by atoms with Gasteiger partial charge in [-0.05, 0) is 66.3 Å². The number of rotatable bonds is 12. The van der Waals surface area contributed by atoms with Crippen molar-refractivity contribution >= 4 is 34.7 Å². The summed E-state index contributed by atoms with van der Waals surface area (Å²) in [6.07, 6.45) is 7.26. The molecule has 1 saturated carbocycles. The first-order valence-electron chi connectivity index (χ1n) is 12.9. The number of nitrogens with one attached hydrogen (secondary N) is 3.